The van der Waals surface area contributed by atoms with Gasteiger partial charge in [-0.2, -0.15) is 0 Å². The van der Waals surface area contributed by atoms with Crippen LogP contribution in [0, 0.1) is 0 Å². The van der Waals surface area contributed by atoms with Gasteiger partial charge in [-0.05, 0) is 33.1 Å². The van der Waals surface area contributed by atoms with Gasteiger partial charge in [0.25, 0.3) is 0 Å². The molecule has 1 aliphatic heterocycles. The highest BCUT2D eigenvalue weighted by molar-refractivity contribution is 5.77. The lowest BCUT2D eigenvalue weighted by Gasteiger charge is -2.33. The van der Waals surface area contributed by atoms with E-state index < -0.39 is 11.6 Å². The summed E-state index contributed by atoms with van der Waals surface area (Å²) in [5.41, 5.74) is -0.933. The summed E-state index contributed by atoms with van der Waals surface area (Å²) in [7, 11) is 0. The van der Waals surface area contributed by atoms with Crippen LogP contribution in [0.25, 0.3) is 0 Å². The van der Waals surface area contributed by atoms with Crippen LogP contribution in [0.1, 0.15) is 33.1 Å². The van der Waals surface area contributed by atoms with Crippen molar-refractivity contribution in [3.05, 3.63) is 0 Å². The highest BCUT2D eigenvalue weighted by Gasteiger charge is 2.38. The summed E-state index contributed by atoms with van der Waals surface area (Å²) in [6.45, 7) is 3.56. The summed E-state index contributed by atoms with van der Waals surface area (Å²) in [4.78, 5) is 10.7. The van der Waals surface area contributed by atoms with Crippen molar-refractivity contribution in [2.24, 2.45) is 0 Å². The third-order valence-corrected chi connectivity index (χ3v) is 2.18. The highest BCUT2D eigenvalue weighted by atomic mass is 16.5. The van der Waals surface area contributed by atoms with Crippen LogP contribution in [-0.4, -0.2) is 22.8 Å². The molecule has 0 aliphatic carbocycles. The zero-order chi connectivity index (χ0) is 8.48. The van der Waals surface area contributed by atoms with Crippen LogP contribution in [-0.2, 0) is 9.53 Å². The number of hydrogen-bond donors (Lipinski definition) is 1. The molecule has 3 heteroatoms. The number of ether oxygens (including phenoxy) is 1. The lowest BCUT2D eigenvalue weighted by molar-refractivity contribution is -0.178. The van der Waals surface area contributed by atoms with Crippen molar-refractivity contribution < 1.29 is 14.6 Å². The Morgan fingerprint density at radius 2 is 2.36 bits per heavy atom. The maximum atomic E-state index is 10.7. The Morgan fingerprint density at radius 3 is 2.73 bits per heavy atom. The van der Waals surface area contributed by atoms with E-state index in [1.807, 2.05) is 6.92 Å². The molecule has 0 bridgehead atoms. The Balaban J connectivity index is 2.63. The van der Waals surface area contributed by atoms with Crippen LogP contribution in [0.3, 0.4) is 0 Å². The molecule has 11 heavy (non-hydrogen) atoms. The molecule has 0 spiro atoms. The zero-order valence-corrected chi connectivity index (χ0v) is 6.96. The number of carboxylic acids is 1. The molecule has 2 atom stereocenters. The molecule has 0 aromatic carbocycles. The smallest absolute Gasteiger partial charge is 0.335 e. The highest BCUT2D eigenvalue weighted by Crippen LogP contribution is 2.28. The molecular weight excluding hydrogens is 144 g/mol. The van der Waals surface area contributed by atoms with E-state index in [2.05, 4.69) is 0 Å². The molecule has 0 aromatic rings. The van der Waals surface area contributed by atoms with E-state index in [1.54, 1.807) is 6.92 Å². The average molecular weight is 158 g/mol. The number of rotatable bonds is 1. The van der Waals surface area contributed by atoms with Gasteiger partial charge in [0.2, 0.25) is 0 Å². The maximum Gasteiger partial charge on any atom is 0.335 e. The molecule has 0 radical (unpaired) electrons. The fraction of sp³-hybridized carbons (Fsp3) is 0.875. The predicted molar refractivity (Wildman–Crippen MR) is 40.4 cm³/mol. The first-order chi connectivity index (χ1) is 5.04. The molecule has 0 amide bonds. The summed E-state index contributed by atoms with van der Waals surface area (Å²) in [6.07, 6.45) is 2.64. The van der Waals surface area contributed by atoms with Crippen LogP contribution < -0.4 is 0 Å². The molecule has 1 saturated heterocycles. The lowest BCUT2D eigenvalue weighted by atomic mass is 9.94. The molecular formula is C8H14O3. The number of carboxylic acid groups (broad SMARTS) is 1. The van der Waals surface area contributed by atoms with Gasteiger partial charge in [-0.3, -0.25) is 0 Å². The van der Waals surface area contributed by atoms with Crippen molar-refractivity contribution in [1.29, 1.82) is 0 Å². The van der Waals surface area contributed by atoms with Crippen molar-refractivity contribution >= 4 is 5.97 Å². The fourth-order valence-corrected chi connectivity index (χ4v) is 1.45. The molecule has 1 N–H and O–H groups in total. The summed E-state index contributed by atoms with van der Waals surface area (Å²) >= 11 is 0. The number of carbonyl (C=O) groups is 1. The molecule has 1 heterocycles. The molecule has 0 saturated carbocycles. The first kappa shape index (κ1) is 8.53. The van der Waals surface area contributed by atoms with E-state index in [1.165, 1.54) is 0 Å². The number of hydrogen-bond acceptors (Lipinski definition) is 2. The second-order valence-electron chi connectivity index (χ2n) is 3.36. The van der Waals surface area contributed by atoms with Crippen LogP contribution in [0.4, 0.5) is 0 Å². The van der Waals surface area contributed by atoms with E-state index >= 15 is 0 Å². The average Bonchev–Trinajstić information content (AvgIpc) is 1.86. The second-order valence-corrected chi connectivity index (χ2v) is 3.36. The van der Waals surface area contributed by atoms with E-state index in [0.29, 0.717) is 6.42 Å². The minimum Gasteiger partial charge on any atom is -0.479 e. The molecule has 1 rings (SSSR count). The van der Waals surface area contributed by atoms with E-state index in [0.717, 1.165) is 12.8 Å². The van der Waals surface area contributed by atoms with Gasteiger partial charge in [-0.1, -0.05) is 0 Å². The molecule has 1 aliphatic rings. The Labute approximate surface area is 66.4 Å². The van der Waals surface area contributed by atoms with E-state index in [-0.39, 0.29) is 6.10 Å². The fourth-order valence-electron chi connectivity index (χ4n) is 1.45. The summed E-state index contributed by atoms with van der Waals surface area (Å²) in [5.74, 6) is -0.843. The first-order valence-electron chi connectivity index (χ1n) is 3.96. The third-order valence-electron chi connectivity index (χ3n) is 2.18. The van der Waals surface area contributed by atoms with Gasteiger partial charge >= 0.3 is 5.97 Å². The van der Waals surface area contributed by atoms with Crippen LogP contribution in [0.5, 0.6) is 0 Å². The minimum atomic E-state index is -0.933. The van der Waals surface area contributed by atoms with Gasteiger partial charge < -0.3 is 9.84 Å². The van der Waals surface area contributed by atoms with Gasteiger partial charge in [0, 0.05) is 0 Å². The molecule has 64 valence electrons. The Bertz CT molecular complexity index is 167. The number of aliphatic carboxylic acids is 1. The standard InChI is InChI=1S/C8H14O3/c1-6-4-3-5-8(2,11-6)7(9)10/h6H,3-5H2,1-2H3,(H,9,10). The summed E-state index contributed by atoms with van der Waals surface area (Å²) < 4.78 is 5.34. The van der Waals surface area contributed by atoms with Crippen molar-refractivity contribution in [1.82, 2.24) is 0 Å². The normalized spacial score (nSPS) is 38.5. The molecule has 2 unspecified atom stereocenters. The van der Waals surface area contributed by atoms with E-state index in [9.17, 15) is 4.79 Å². The van der Waals surface area contributed by atoms with Crippen molar-refractivity contribution in [3.63, 3.8) is 0 Å². The monoisotopic (exact) mass is 158 g/mol. The predicted octanol–water partition coefficient (Wildman–Crippen LogP) is 1.42. The van der Waals surface area contributed by atoms with Gasteiger partial charge in [-0.15, -0.1) is 0 Å². The van der Waals surface area contributed by atoms with Gasteiger partial charge in [0.05, 0.1) is 6.10 Å². The van der Waals surface area contributed by atoms with Gasteiger partial charge in [0.15, 0.2) is 5.60 Å². The van der Waals surface area contributed by atoms with Gasteiger partial charge in [0.1, 0.15) is 0 Å². The minimum absolute atomic E-state index is 0.0878. The molecule has 3 nitrogen and oxygen atoms in total. The van der Waals surface area contributed by atoms with Crippen LogP contribution in [0.15, 0.2) is 0 Å². The van der Waals surface area contributed by atoms with Crippen molar-refractivity contribution in [3.8, 4) is 0 Å². The lowest BCUT2D eigenvalue weighted by Crippen LogP contribution is -2.43. The third kappa shape index (κ3) is 1.71. The van der Waals surface area contributed by atoms with Crippen molar-refractivity contribution in [2.45, 2.75) is 44.8 Å². The Kier molecular flexibility index (Phi) is 2.18. The maximum absolute atomic E-state index is 10.7. The first-order valence-corrected chi connectivity index (χ1v) is 3.96. The second kappa shape index (κ2) is 2.81. The largest absolute Gasteiger partial charge is 0.479 e. The zero-order valence-electron chi connectivity index (χ0n) is 6.96. The SMILES string of the molecule is CC1CCCC(C)(C(=O)O)O1. The molecule has 1 fully saturated rings. The van der Waals surface area contributed by atoms with Crippen LogP contribution in [0.2, 0.25) is 0 Å². The van der Waals surface area contributed by atoms with Crippen molar-refractivity contribution in [2.75, 3.05) is 0 Å². The Hall–Kier alpha value is -0.570. The van der Waals surface area contributed by atoms with Gasteiger partial charge in [-0.25, -0.2) is 4.79 Å². The topological polar surface area (TPSA) is 46.5 Å². The summed E-state index contributed by atoms with van der Waals surface area (Å²) in [5, 5.41) is 8.79. The quantitative estimate of drug-likeness (QED) is 0.627. The van der Waals surface area contributed by atoms with E-state index in [4.69, 9.17) is 9.84 Å². The van der Waals surface area contributed by atoms with Crippen LogP contribution >= 0.6 is 0 Å². The Morgan fingerprint density at radius 1 is 1.73 bits per heavy atom. The molecule has 0 aromatic heterocycles. The summed E-state index contributed by atoms with van der Waals surface area (Å²) in [6, 6.07) is 0.